The first-order chi connectivity index (χ1) is 62.3. The van der Waals surface area contributed by atoms with Crippen LogP contribution in [-0.2, 0) is 0 Å². The molecule has 128 heavy (non-hydrogen) atoms. The minimum atomic E-state index is 1.06. The van der Waals surface area contributed by atoms with Gasteiger partial charge in [-0.05, 0) is 288 Å². The highest BCUT2D eigenvalue weighted by Crippen LogP contribution is 2.46. The third-order valence-corrected chi connectivity index (χ3v) is 26.4. The van der Waals surface area contributed by atoms with Crippen molar-refractivity contribution in [2.75, 3.05) is 0 Å². The van der Waals surface area contributed by atoms with Crippen molar-refractivity contribution >= 4 is 97.3 Å². The Morgan fingerprint density at radius 2 is 0.531 bits per heavy atom. The first-order valence-electron chi connectivity index (χ1n) is 44.4. The molecule has 0 spiro atoms. The molecule has 0 N–H and O–H groups in total. The van der Waals surface area contributed by atoms with Gasteiger partial charge in [0, 0.05) is 89.3 Å². The van der Waals surface area contributed by atoms with Crippen molar-refractivity contribution in [1.82, 2.24) is 43.0 Å². The second-order valence-electron chi connectivity index (χ2n) is 34.0. The molecule has 0 saturated heterocycles. The van der Waals surface area contributed by atoms with E-state index in [4.69, 9.17) is 10.2 Å². The van der Waals surface area contributed by atoms with Crippen LogP contribution in [0.25, 0.3) is 154 Å². The molecule has 0 atom stereocenters. The van der Waals surface area contributed by atoms with Crippen LogP contribution in [-0.4, -0.2) is 43.0 Å². The molecule has 628 valence electrons. The monoisotopic (exact) mass is 1660 g/mol. The number of benzene rings is 17. The minimum absolute atomic E-state index is 1.06. The van der Waals surface area contributed by atoms with Gasteiger partial charge < -0.3 is 13.7 Å². The molecular weight excluding hydrogens is 1560 g/mol. The maximum absolute atomic E-state index is 4.92. The van der Waals surface area contributed by atoms with Crippen LogP contribution in [0.3, 0.4) is 0 Å². The number of rotatable bonds is 8. The zero-order chi connectivity index (χ0) is 88.7. The van der Waals surface area contributed by atoms with Crippen molar-refractivity contribution in [1.29, 1.82) is 0 Å². The molecule has 0 aliphatic carbocycles. The number of para-hydroxylation sites is 6. The Morgan fingerprint density at radius 1 is 0.203 bits per heavy atom. The normalized spacial score (nSPS) is 11.3. The van der Waals surface area contributed by atoms with Gasteiger partial charge in [-0.2, -0.15) is 15.3 Å². The lowest BCUT2D eigenvalue weighted by atomic mass is 9.91. The van der Waals surface area contributed by atoms with Gasteiger partial charge in [0.1, 0.15) is 0 Å². The summed E-state index contributed by atoms with van der Waals surface area (Å²) in [5.41, 5.74) is 35.9. The number of aromatic nitrogens is 9. The lowest BCUT2D eigenvalue weighted by molar-refractivity contribution is 0.833. The van der Waals surface area contributed by atoms with E-state index in [9.17, 15) is 0 Å². The smallest absolute Gasteiger partial charge is 0.0964 e. The zero-order valence-electron chi connectivity index (χ0n) is 76.1. The van der Waals surface area contributed by atoms with Crippen molar-refractivity contribution < 1.29 is 0 Å². The maximum atomic E-state index is 4.92. The zero-order valence-corrected chi connectivity index (χ0v) is 76.1. The number of aryl methyl sites for hydroxylation is 7. The van der Waals surface area contributed by atoms with Crippen LogP contribution in [0.4, 0.5) is 0 Å². The number of nitrogens with zero attached hydrogens (tertiary/aromatic N) is 9. The van der Waals surface area contributed by atoms with Crippen LogP contribution in [0.15, 0.2) is 358 Å². The predicted molar refractivity (Wildman–Crippen MR) is 543 cm³/mol. The Bertz CT molecular complexity index is 7920. The highest BCUT2D eigenvalue weighted by molar-refractivity contribution is 6.34. The summed E-state index contributed by atoms with van der Waals surface area (Å²) in [6.45, 7) is 34.7. The average Bonchev–Trinajstić information content (AvgIpc) is 1.51. The molecular formula is C119H107N9. The van der Waals surface area contributed by atoms with E-state index < -0.39 is 0 Å². The Balaban J connectivity index is 0.000000105. The van der Waals surface area contributed by atoms with E-state index in [2.05, 4.69) is 408 Å². The molecule has 0 saturated carbocycles. The Hall–Kier alpha value is -15.2. The third-order valence-electron chi connectivity index (χ3n) is 26.4. The van der Waals surface area contributed by atoms with E-state index in [-0.39, 0.29) is 0 Å². The molecule has 0 aliphatic rings. The van der Waals surface area contributed by atoms with Crippen LogP contribution < -0.4 is 0 Å². The average molecular weight is 1660 g/mol. The molecule has 23 aromatic rings. The molecule has 0 radical (unpaired) electrons. The summed E-state index contributed by atoms with van der Waals surface area (Å²) < 4.78 is 13.3. The van der Waals surface area contributed by atoms with Gasteiger partial charge >= 0.3 is 0 Å². The number of fused-ring (bicyclic) bond motifs is 12. The molecule has 23 rings (SSSR count). The lowest BCUT2D eigenvalue weighted by Gasteiger charge is -2.15. The van der Waals surface area contributed by atoms with Crippen molar-refractivity contribution in [2.45, 2.75) is 111 Å². The third kappa shape index (κ3) is 15.3. The van der Waals surface area contributed by atoms with Crippen LogP contribution >= 0.6 is 0 Å². The van der Waals surface area contributed by atoms with Crippen molar-refractivity contribution in [3.63, 3.8) is 0 Å². The van der Waals surface area contributed by atoms with Gasteiger partial charge in [0.2, 0.25) is 0 Å². The van der Waals surface area contributed by atoms with E-state index >= 15 is 0 Å². The van der Waals surface area contributed by atoms with E-state index in [1.165, 1.54) is 204 Å². The van der Waals surface area contributed by atoms with Gasteiger partial charge in [0.05, 0.1) is 50.7 Å². The Labute approximate surface area is 750 Å². The van der Waals surface area contributed by atoms with Gasteiger partial charge in [0.15, 0.2) is 0 Å². The Kier molecular flexibility index (Phi) is 23.2. The fraction of sp³-hybridized carbons (Fsp3) is 0.134. The summed E-state index contributed by atoms with van der Waals surface area (Å²) in [6.07, 6.45) is 0. The molecule has 0 amide bonds. The fourth-order valence-corrected chi connectivity index (χ4v) is 19.3. The molecule has 0 fully saturated rings. The molecule has 6 heterocycles. The highest BCUT2D eigenvalue weighted by Gasteiger charge is 2.25. The first-order valence-corrected chi connectivity index (χ1v) is 44.4. The van der Waals surface area contributed by atoms with Gasteiger partial charge in [-0.1, -0.05) is 285 Å². The largest absolute Gasteiger partial charge is 0.314 e. The molecule has 9 nitrogen and oxygen atoms in total. The second-order valence-corrected chi connectivity index (χ2v) is 34.0. The van der Waals surface area contributed by atoms with Crippen LogP contribution in [0.5, 0.6) is 0 Å². The van der Waals surface area contributed by atoms with Crippen LogP contribution in [0, 0.1) is 111 Å². The summed E-state index contributed by atoms with van der Waals surface area (Å²) in [5.74, 6) is 0. The minimum Gasteiger partial charge on any atom is -0.314 e. The number of hydrogen-bond donors (Lipinski definition) is 0. The summed E-state index contributed by atoms with van der Waals surface area (Å²) in [5, 5.41) is 34.4. The molecule has 0 aliphatic heterocycles. The quantitative estimate of drug-likeness (QED) is 0.142. The highest BCUT2D eigenvalue weighted by atomic mass is 15.3. The van der Waals surface area contributed by atoms with E-state index in [1.54, 1.807) is 0 Å². The first kappa shape index (κ1) is 83.7. The standard InChI is InChI=1S/C26H19N.C24H19N.C20H22N2.C20H17N.C17H16N2.C12H14N2/c1-16-17(2)27(20-10-4-3-5-11-20)26-22-13-7-9-19-15-14-18-8-6-12-21(23(16)26)24(18)25(19)22;1-16-17(2)25(18-10-4-3-5-11-18)24-22-15-9-7-13-20(22)19-12-6-8-14-21(19)23(16)24;1-13-11-14(2)19(15(3)12-13)20-16(4)17(5)22(21-20)18-9-7-6-8-10-18;1-14-15(2)21(17-9-4-3-5-10-17)19-13-12-16-8-6-7-11-18(16)20(14)19;1-13-14(2)19(16-11-7-4-8-12-16)18-17(13)15-9-5-3-6-10-15;1-9-10(2)13-14(11(9)3)12-7-5-4-6-8-12/h3-15H,1-2H3;3-15H,1-2H3;6-12H,1-5H3;3-13H,1-2H3;3-12H,1-2H3;4-8H,1-3H3. The lowest BCUT2D eigenvalue weighted by Crippen LogP contribution is -1.99. The molecule has 17 aromatic carbocycles. The van der Waals surface area contributed by atoms with Gasteiger partial charge in [-0.25, -0.2) is 14.0 Å². The van der Waals surface area contributed by atoms with E-state index in [1.807, 2.05) is 93.8 Å². The van der Waals surface area contributed by atoms with Crippen molar-refractivity contribution in [3.8, 4) is 56.6 Å². The van der Waals surface area contributed by atoms with E-state index in [0.29, 0.717) is 0 Å². The summed E-state index contributed by atoms with van der Waals surface area (Å²) in [4.78, 5) is 0. The van der Waals surface area contributed by atoms with Crippen LogP contribution in [0.2, 0.25) is 0 Å². The van der Waals surface area contributed by atoms with Gasteiger partial charge in [0.25, 0.3) is 0 Å². The SMILES string of the molecule is Cc1c(-c2ccccc2)nn(-c2ccccc2)c1C.Cc1c(C)n(-c2ccccc2)c2c3cccc4ccc5cccc(c12)c5c43.Cc1c(C)n(-c2ccccc2)c2c3ccccc3c3ccccc3c12.Cc1c(C)n(-c2ccccc2)c2ccc3ccccc3c12.Cc1cc(C)c(-c2nn(-c3ccccc3)c(C)c2C)c(C)c1.Cc1nn(-c2ccccc2)c(C)c1C. The van der Waals surface area contributed by atoms with E-state index in [0.717, 1.165) is 39.7 Å². The summed E-state index contributed by atoms with van der Waals surface area (Å²) in [7, 11) is 0. The Morgan fingerprint density at radius 3 is 1.02 bits per heavy atom. The van der Waals surface area contributed by atoms with Gasteiger partial charge in [-0.3, -0.25) is 0 Å². The topological polar surface area (TPSA) is 68.2 Å². The molecule has 0 bridgehead atoms. The van der Waals surface area contributed by atoms with Crippen LogP contribution in [0.1, 0.15) is 89.9 Å². The number of hydrogen-bond acceptors (Lipinski definition) is 3. The summed E-state index contributed by atoms with van der Waals surface area (Å²) >= 11 is 0. The fourth-order valence-electron chi connectivity index (χ4n) is 19.3. The summed E-state index contributed by atoms with van der Waals surface area (Å²) in [6, 6.07) is 126. The maximum Gasteiger partial charge on any atom is 0.0964 e. The second kappa shape index (κ2) is 35.4. The molecule has 0 unspecified atom stereocenters. The molecule has 9 heteroatoms. The van der Waals surface area contributed by atoms with Crippen molar-refractivity contribution in [3.05, 3.63) is 448 Å². The van der Waals surface area contributed by atoms with Crippen molar-refractivity contribution in [2.24, 2.45) is 0 Å². The van der Waals surface area contributed by atoms with Gasteiger partial charge in [-0.15, -0.1) is 0 Å². The predicted octanol–water partition coefficient (Wildman–Crippen LogP) is 31.1. The molecule has 6 aromatic heterocycles.